The number of ketones is 1. The first-order chi connectivity index (χ1) is 4.89. The van der Waals surface area contributed by atoms with Crippen molar-refractivity contribution in [2.75, 3.05) is 0 Å². The van der Waals surface area contributed by atoms with Gasteiger partial charge in [-0.05, 0) is 12.8 Å². The molecular weight excluding hydrogens is 124 g/mol. The lowest BCUT2D eigenvalue weighted by Crippen LogP contribution is -1.85. The van der Waals surface area contributed by atoms with Gasteiger partial charge in [0.15, 0.2) is 0 Å². The summed E-state index contributed by atoms with van der Waals surface area (Å²) in [4.78, 5) is 10.2. The van der Waals surface area contributed by atoms with Crippen LogP contribution in [0, 0.1) is 0 Å². The summed E-state index contributed by atoms with van der Waals surface area (Å²) < 4.78 is 0. The van der Waals surface area contributed by atoms with Crippen LogP contribution in [0.5, 0.6) is 0 Å². The molecule has 0 N–H and O–H groups in total. The highest BCUT2D eigenvalue weighted by Gasteiger charge is 2.07. The second kappa shape index (κ2) is 4.48. The number of Topliss-reactive ketones (excluding diaryl/α,β-unsaturated/α-hetero) is 1. The van der Waals surface area contributed by atoms with E-state index in [0.29, 0.717) is 5.78 Å². The Labute approximate surface area is 62.8 Å². The van der Waals surface area contributed by atoms with E-state index in [0.717, 1.165) is 25.7 Å². The summed E-state index contributed by atoms with van der Waals surface area (Å²) in [6.07, 6.45) is 9.97. The van der Waals surface area contributed by atoms with Gasteiger partial charge in [-0.2, -0.15) is 0 Å². The van der Waals surface area contributed by atoms with Crippen LogP contribution in [0.4, 0.5) is 0 Å². The lowest BCUT2D eigenvalue weighted by Gasteiger charge is -2.05. The lowest BCUT2D eigenvalue weighted by atomic mass is 10.0. The topological polar surface area (TPSA) is 17.1 Å². The van der Waals surface area contributed by atoms with Gasteiger partial charge in [-0.25, -0.2) is 0 Å². The molecule has 58 valence electrons. The SMILES string of the molecule is C1CCC1.O=C1CCCC1. The third kappa shape index (κ3) is 3.00. The van der Waals surface area contributed by atoms with Gasteiger partial charge in [0.2, 0.25) is 0 Å². The smallest absolute Gasteiger partial charge is 0.132 e. The Morgan fingerprint density at radius 3 is 1.20 bits per heavy atom. The fourth-order valence-electron chi connectivity index (χ4n) is 1.02. The molecule has 2 fully saturated rings. The summed E-state index contributed by atoms with van der Waals surface area (Å²) in [6, 6.07) is 0. The van der Waals surface area contributed by atoms with Crippen molar-refractivity contribution in [2.24, 2.45) is 0 Å². The van der Waals surface area contributed by atoms with E-state index in [1.807, 2.05) is 0 Å². The third-order valence-electron chi connectivity index (χ3n) is 2.16. The average Bonchev–Trinajstić information content (AvgIpc) is 2.12. The van der Waals surface area contributed by atoms with Crippen molar-refractivity contribution in [3.05, 3.63) is 0 Å². The standard InChI is InChI=1S/C5H8O.C4H8/c6-5-3-1-2-4-5;1-2-4-3-1/h1-4H2;1-4H2. The molecule has 1 nitrogen and oxygen atoms in total. The number of carbonyl (C=O) groups excluding carboxylic acids is 1. The van der Waals surface area contributed by atoms with Crippen LogP contribution in [-0.4, -0.2) is 5.78 Å². The first-order valence-electron chi connectivity index (χ1n) is 4.41. The molecular formula is C9H16O. The third-order valence-corrected chi connectivity index (χ3v) is 2.16. The van der Waals surface area contributed by atoms with Gasteiger partial charge in [0.1, 0.15) is 5.78 Å². The van der Waals surface area contributed by atoms with Crippen LogP contribution in [0.25, 0.3) is 0 Å². The van der Waals surface area contributed by atoms with E-state index in [4.69, 9.17) is 0 Å². The van der Waals surface area contributed by atoms with Crippen molar-refractivity contribution in [1.82, 2.24) is 0 Å². The molecule has 10 heavy (non-hydrogen) atoms. The molecule has 2 aliphatic rings. The minimum Gasteiger partial charge on any atom is -0.300 e. The molecule has 0 aromatic rings. The van der Waals surface area contributed by atoms with Gasteiger partial charge in [-0.3, -0.25) is 4.79 Å². The highest BCUT2D eigenvalue weighted by molar-refractivity contribution is 5.79. The average molecular weight is 140 g/mol. The maximum atomic E-state index is 10.2. The van der Waals surface area contributed by atoms with E-state index >= 15 is 0 Å². The predicted octanol–water partition coefficient (Wildman–Crippen LogP) is 2.69. The van der Waals surface area contributed by atoms with Gasteiger partial charge in [0, 0.05) is 12.8 Å². The van der Waals surface area contributed by atoms with Crippen molar-refractivity contribution in [1.29, 1.82) is 0 Å². The monoisotopic (exact) mass is 140 g/mol. The quantitative estimate of drug-likeness (QED) is 0.505. The van der Waals surface area contributed by atoms with Crippen LogP contribution >= 0.6 is 0 Å². The molecule has 2 saturated carbocycles. The molecule has 0 atom stereocenters. The first kappa shape index (κ1) is 7.77. The number of hydrogen-bond donors (Lipinski definition) is 0. The Morgan fingerprint density at radius 1 is 0.700 bits per heavy atom. The number of hydrogen-bond acceptors (Lipinski definition) is 1. The molecule has 0 saturated heterocycles. The Kier molecular flexibility index (Phi) is 3.48. The molecule has 2 rings (SSSR count). The van der Waals surface area contributed by atoms with E-state index in [9.17, 15) is 4.79 Å². The van der Waals surface area contributed by atoms with Crippen molar-refractivity contribution in [3.63, 3.8) is 0 Å². The van der Waals surface area contributed by atoms with Crippen LogP contribution < -0.4 is 0 Å². The van der Waals surface area contributed by atoms with Gasteiger partial charge < -0.3 is 0 Å². The molecule has 0 aromatic heterocycles. The Hall–Kier alpha value is -0.330. The second-order valence-electron chi connectivity index (χ2n) is 3.16. The van der Waals surface area contributed by atoms with E-state index in [1.54, 1.807) is 0 Å². The summed E-state index contributed by atoms with van der Waals surface area (Å²) in [5, 5.41) is 0. The highest BCUT2D eigenvalue weighted by atomic mass is 16.1. The summed E-state index contributed by atoms with van der Waals surface area (Å²) in [7, 11) is 0. The zero-order valence-electron chi connectivity index (χ0n) is 6.57. The lowest BCUT2D eigenvalue weighted by molar-refractivity contribution is -0.117. The van der Waals surface area contributed by atoms with Gasteiger partial charge >= 0.3 is 0 Å². The molecule has 0 heterocycles. The normalized spacial score (nSPS) is 23.0. The van der Waals surface area contributed by atoms with Crippen molar-refractivity contribution in [2.45, 2.75) is 51.4 Å². The Morgan fingerprint density at radius 2 is 1.10 bits per heavy atom. The fraction of sp³-hybridized carbons (Fsp3) is 0.889. The predicted molar refractivity (Wildman–Crippen MR) is 41.9 cm³/mol. The Balaban J connectivity index is 0.000000108. The second-order valence-corrected chi connectivity index (χ2v) is 3.16. The summed E-state index contributed by atoms with van der Waals surface area (Å²) in [6.45, 7) is 0. The number of rotatable bonds is 0. The van der Waals surface area contributed by atoms with Crippen molar-refractivity contribution in [3.8, 4) is 0 Å². The zero-order valence-corrected chi connectivity index (χ0v) is 6.57. The summed E-state index contributed by atoms with van der Waals surface area (Å²) in [5.74, 6) is 0.454. The van der Waals surface area contributed by atoms with Crippen LogP contribution in [0.15, 0.2) is 0 Å². The minimum atomic E-state index is 0.454. The van der Waals surface area contributed by atoms with Crippen LogP contribution in [0.2, 0.25) is 0 Å². The van der Waals surface area contributed by atoms with Gasteiger partial charge in [0.25, 0.3) is 0 Å². The molecule has 0 aromatic carbocycles. The molecule has 0 amide bonds. The molecule has 0 spiro atoms. The molecule has 0 aliphatic heterocycles. The molecule has 0 radical (unpaired) electrons. The minimum absolute atomic E-state index is 0.454. The van der Waals surface area contributed by atoms with E-state index in [-0.39, 0.29) is 0 Å². The molecule has 2 aliphatic carbocycles. The van der Waals surface area contributed by atoms with Gasteiger partial charge in [-0.1, -0.05) is 25.7 Å². The maximum Gasteiger partial charge on any atom is 0.132 e. The zero-order chi connectivity index (χ0) is 7.23. The van der Waals surface area contributed by atoms with E-state index in [2.05, 4.69) is 0 Å². The highest BCUT2D eigenvalue weighted by Crippen LogP contribution is 2.15. The van der Waals surface area contributed by atoms with Crippen LogP contribution in [0.1, 0.15) is 51.4 Å². The summed E-state index contributed by atoms with van der Waals surface area (Å²) in [5.41, 5.74) is 0. The molecule has 1 heteroatoms. The fourth-order valence-corrected chi connectivity index (χ4v) is 1.02. The summed E-state index contributed by atoms with van der Waals surface area (Å²) >= 11 is 0. The largest absolute Gasteiger partial charge is 0.300 e. The van der Waals surface area contributed by atoms with Crippen LogP contribution in [0.3, 0.4) is 0 Å². The number of carbonyl (C=O) groups is 1. The maximum absolute atomic E-state index is 10.2. The van der Waals surface area contributed by atoms with Crippen molar-refractivity contribution >= 4 is 5.78 Å². The van der Waals surface area contributed by atoms with E-state index in [1.165, 1.54) is 25.7 Å². The van der Waals surface area contributed by atoms with Crippen LogP contribution in [-0.2, 0) is 4.79 Å². The van der Waals surface area contributed by atoms with Gasteiger partial charge in [-0.15, -0.1) is 0 Å². The van der Waals surface area contributed by atoms with Gasteiger partial charge in [0.05, 0.1) is 0 Å². The molecule has 0 bridgehead atoms. The molecule has 0 unspecified atom stereocenters. The first-order valence-corrected chi connectivity index (χ1v) is 4.41. The van der Waals surface area contributed by atoms with Crippen molar-refractivity contribution < 1.29 is 4.79 Å². The Bertz CT molecular complexity index is 91.3. The van der Waals surface area contributed by atoms with E-state index < -0.39 is 0 Å².